The van der Waals surface area contributed by atoms with E-state index in [1.165, 1.54) is 61.5 Å². The quantitative estimate of drug-likeness (QED) is 0.181. The van der Waals surface area contributed by atoms with Gasteiger partial charge in [0.15, 0.2) is 17.5 Å². The van der Waals surface area contributed by atoms with Crippen LogP contribution in [0.2, 0.25) is 5.02 Å². The zero-order chi connectivity index (χ0) is 40.9. The van der Waals surface area contributed by atoms with E-state index in [1.54, 1.807) is 28.5 Å². The van der Waals surface area contributed by atoms with Crippen molar-refractivity contribution in [2.45, 2.75) is 26.1 Å². The summed E-state index contributed by atoms with van der Waals surface area (Å²) in [5.74, 6) is -3.69. The number of hydrogen-bond acceptors (Lipinski definition) is 9. The van der Waals surface area contributed by atoms with Gasteiger partial charge in [-0.1, -0.05) is 17.7 Å². The Morgan fingerprint density at radius 1 is 1.02 bits per heavy atom. The Kier molecular flexibility index (Phi) is 13.3. The van der Waals surface area contributed by atoms with Gasteiger partial charge in [0.05, 0.1) is 69.6 Å². The lowest BCUT2D eigenvalue weighted by molar-refractivity contribution is -0.924. The van der Waals surface area contributed by atoms with Gasteiger partial charge in [0, 0.05) is 74.8 Å². The standard InChI is InChI=1S/C36H41ClF2N8O5.C2H4O2/c1-21-27(19-41-46(21)15-17-52-5)23-8-9-25(31(39)30(23)38)29-20-40-32(43(29)2)33(48)42-22-6-7-24(28(37)18-22)34(49)44-11-13-45(14-12-44)35(50)26-10-16-47(3,4)36(26)51;1-4-2-3/h6-9,18-20,26,36,51H,10-17H2,1-5H3;2H,1H3/p+1. The third-order valence-electron chi connectivity index (χ3n) is 10.3. The van der Waals surface area contributed by atoms with Crippen molar-refractivity contribution in [2.24, 2.45) is 13.0 Å². The van der Waals surface area contributed by atoms with Crippen molar-refractivity contribution in [1.82, 2.24) is 29.1 Å². The zero-order valence-corrected chi connectivity index (χ0v) is 32.8. The predicted molar refractivity (Wildman–Crippen MR) is 202 cm³/mol. The number of rotatable bonds is 10. The van der Waals surface area contributed by atoms with E-state index in [0.717, 1.165) is 0 Å². The van der Waals surface area contributed by atoms with Crippen LogP contribution >= 0.6 is 11.6 Å². The molecule has 2 fully saturated rings. The molecule has 2 aliphatic heterocycles. The summed E-state index contributed by atoms with van der Waals surface area (Å²) in [6.07, 6.45) is 2.63. The normalized spacial score (nSPS) is 17.6. The number of aliphatic hydroxyl groups excluding tert-OH is 1. The second-order valence-corrected chi connectivity index (χ2v) is 14.5. The average molecular weight is 800 g/mol. The molecule has 0 spiro atoms. The second kappa shape index (κ2) is 17.7. The Labute approximate surface area is 327 Å². The number of anilines is 1. The van der Waals surface area contributed by atoms with Crippen molar-refractivity contribution >= 4 is 41.5 Å². The van der Waals surface area contributed by atoms with Gasteiger partial charge in [0.1, 0.15) is 5.92 Å². The number of quaternary nitrogens is 1. The third-order valence-corrected chi connectivity index (χ3v) is 10.6. The van der Waals surface area contributed by atoms with Gasteiger partial charge >= 0.3 is 0 Å². The molecule has 0 aliphatic carbocycles. The van der Waals surface area contributed by atoms with Crippen LogP contribution in [-0.4, -0.2) is 137 Å². The number of methoxy groups -OCH3 is 2. The molecule has 15 nitrogen and oxygen atoms in total. The molecule has 3 amide bonds. The minimum Gasteiger partial charge on any atom is -0.471 e. The lowest BCUT2D eigenvalue weighted by Crippen LogP contribution is -2.54. The fourth-order valence-electron chi connectivity index (χ4n) is 6.92. The molecule has 56 heavy (non-hydrogen) atoms. The first-order valence-corrected chi connectivity index (χ1v) is 18.2. The summed E-state index contributed by atoms with van der Waals surface area (Å²) < 4.78 is 43.3. The maximum atomic E-state index is 15.5. The molecule has 6 rings (SSSR count). The van der Waals surface area contributed by atoms with E-state index in [9.17, 15) is 19.5 Å². The molecule has 2 unspecified atom stereocenters. The van der Waals surface area contributed by atoms with Crippen molar-refractivity contribution in [1.29, 1.82) is 0 Å². The first kappa shape index (κ1) is 41.9. The summed E-state index contributed by atoms with van der Waals surface area (Å²) in [7, 11) is 8.21. The minimum absolute atomic E-state index is 0.0578. The summed E-state index contributed by atoms with van der Waals surface area (Å²) >= 11 is 6.52. The fraction of sp³-hybridized carbons (Fsp3) is 0.421. The molecule has 2 aliphatic rings. The molecule has 2 aromatic carbocycles. The summed E-state index contributed by atoms with van der Waals surface area (Å²) in [4.78, 5) is 56.2. The van der Waals surface area contributed by atoms with Crippen LogP contribution in [-0.2, 0) is 32.7 Å². The van der Waals surface area contributed by atoms with Crippen molar-refractivity contribution in [3.05, 3.63) is 76.5 Å². The highest BCUT2D eigenvalue weighted by molar-refractivity contribution is 6.34. The van der Waals surface area contributed by atoms with Crippen LogP contribution in [0.15, 0.2) is 42.7 Å². The summed E-state index contributed by atoms with van der Waals surface area (Å²) in [6.45, 7) is 5.07. The van der Waals surface area contributed by atoms with E-state index in [1.807, 2.05) is 14.1 Å². The molecular weight excluding hydrogens is 754 g/mol. The molecule has 18 heteroatoms. The van der Waals surface area contributed by atoms with Crippen molar-refractivity contribution < 1.29 is 47.0 Å². The van der Waals surface area contributed by atoms with E-state index >= 15 is 8.78 Å². The number of carbonyl (C=O) groups excluding carboxylic acids is 4. The van der Waals surface area contributed by atoms with Crippen LogP contribution in [0, 0.1) is 24.5 Å². The fourth-order valence-corrected chi connectivity index (χ4v) is 7.18. The molecule has 300 valence electrons. The van der Waals surface area contributed by atoms with E-state index in [4.69, 9.17) is 21.1 Å². The van der Waals surface area contributed by atoms with Crippen LogP contribution < -0.4 is 5.32 Å². The van der Waals surface area contributed by atoms with E-state index in [0.29, 0.717) is 80.2 Å². The first-order chi connectivity index (χ1) is 26.6. The summed E-state index contributed by atoms with van der Waals surface area (Å²) in [6, 6.07) is 7.41. The predicted octanol–water partition coefficient (Wildman–Crippen LogP) is 3.58. The molecule has 2 aromatic heterocycles. The summed E-state index contributed by atoms with van der Waals surface area (Å²) in [5.41, 5.74) is 1.82. The Hall–Kier alpha value is -5.23. The molecule has 2 atom stereocenters. The number of halogens is 3. The average Bonchev–Trinajstić information content (AvgIpc) is 3.84. The maximum Gasteiger partial charge on any atom is 0.292 e. The van der Waals surface area contributed by atoms with Crippen LogP contribution in [0.5, 0.6) is 0 Å². The number of hydrogen-bond donors (Lipinski definition) is 2. The van der Waals surface area contributed by atoms with Gasteiger partial charge in [0.2, 0.25) is 12.1 Å². The highest BCUT2D eigenvalue weighted by Gasteiger charge is 2.47. The number of amides is 3. The summed E-state index contributed by atoms with van der Waals surface area (Å²) in [5, 5.41) is 17.7. The van der Waals surface area contributed by atoms with Crippen LogP contribution in [0.25, 0.3) is 22.4 Å². The third kappa shape index (κ3) is 8.60. The van der Waals surface area contributed by atoms with Gasteiger partial charge < -0.3 is 38.7 Å². The van der Waals surface area contributed by atoms with Crippen molar-refractivity contribution in [3.63, 3.8) is 0 Å². The van der Waals surface area contributed by atoms with Gasteiger partial charge in [-0.05, 0) is 31.2 Å². The smallest absolute Gasteiger partial charge is 0.292 e. The maximum absolute atomic E-state index is 15.5. The Morgan fingerprint density at radius 3 is 2.27 bits per heavy atom. The minimum atomic E-state index is -1.09. The van der Waals surface area contributed by atoms with Crippen LogP contribution in [0.1, 0.15) is 33.1 Å². The van der Waals surface area contributed by atoms with Gasteiger partial charge in [-0.3, -0.25) is 23.9 Å². The number of aliphatic hydroxyl groups is 1. The monoisotopic (exact) mass is 799 g/mol. The van der Waals surface area contributed by atoms with Gasteiger partial charge in [-0.25, -0.2) is 13.8 Å². The highest BCUT2D eigenvalue weighted by atomic mass is 35.5. The molecule has 4 heterocycles. The largest absolute Gasteiger partial charge is 0.471 e. The number of aromatic nitrogens is 4. The topological polar surface area (TPSA) is 161 Å². The zero-order valence-electron chi connectivity index (χ0n) is 32.1. The van der Waals surface area contributed by atoms with Gasteiger partial charge in [0.25, 0.3) is 18.3 Å². The number of imidazole rings is 1. The van der Waals surface area contributed by atoms with Crippen LogP contribution in [0.3, 0.4) is 0 Å². The Morgan fingerprint density at radius 2 is 1.66 bits per heavy atom. The van der Waals surface area contributed by atoms with Crippen LogP contribution in [0.4, 0.5) is 14.5 Å². The number of piperazine rings is 1. The van der Waals surface area contributed by atoms with E-state index in [2.05, 4.69) is 20.1 Å². The van der Waals surface area contributed by atoms with E-state index < -0.39 is 29.7 Å². The molecule has 2 N–H and O–H groups in total. The molecule has 0 radical (unpaired) electrons. The number of likely N-dealkylation sites (tertiary alicyclic amines) is 1. The molecule has 0 bridgehead atoms. The number of nitrogens with zero attached hydrogens (tertiary/aromatic N) is 7. The number of carbonyl (C=O) groups is 4. The lowest BCUT2D eigenvalue weighted by Gasteiger charge is -2.37. The SMILES string of the molecule is COC=O.COCCn1ncc(-c2ccc(-c3cnc(C(=O)Nc4ccc(C(=O)N5CCN(C(=O)C6CC[N+](C)(C)C6O)CC5)c(Cl)c4)n3C)c(F)c2F)c1C. The van der Waals surface area contributed by atoms with Gasteiger partial charge in [-0.15, -0.1) is 0 Å². The number of benzene rings is 2. The van der Waals surface area contributed by atoms with Crippen molar-refractivity contribution in [2.75, 3.05) is 73.0 Å². The second-order valence-electron chi connectivity index (χ2n) is 14.1. The lowest BCUT2D eigenvalue weighted by atomic mass is 10.0. The van der Waals surface area contributed by atoms with Crippen molar-refractivity contribution in [3.8, 4) is 22.4 Å². The Bertz CT molecular complexity index is 2100. The van der Waals surface area contributed by atoms with E-state index in [-0.39, 0.29) is 45.0 Å². The number of nitrogens with one attached hydrogen (secondary N) is 1. The molecule has 4 aromatic rings. The highest BCUT2D eigenvalue weighted by Crippen LogP contribution is 2.34. The number of ether oxygens (including phenoxy) is 2. The Balaban J connectivity index is 0.00000143. The van der Waals surface area contributed by atoms with Gasteiger partial charge in [-0.2, -0.15) is 5.10 Å². The molecular formula is C38H46ClF2N8O7+. The first-order valence-electron chi connectivity index (χ1n) is 17.8. The molecule has 2 saturated heterocycles. The molecule has 0 saturated carbocycles.